The second-order valence-corrected chi connectivity index (χ2v) is 4.57. The van der Waals surface area contributed by atoms with Crippen molar-refractivity contribution < 1.29 is 19.8 Å². The zero-order valence-electron chi connectivity index (χ0n) is 10.6. The Bertz CT molecular complexity index is 442. The second-order valence-electron chi connectivity index (χ2n) is 4.57. The smallest absolute Gasteiger partial charge is 0.329 e. The van der Waals surface area contributed by atoms with Crippen LogP contribution in [0.4, 0.5) is 0 Å². The molecule has 2 N–H and O–H groups in total. The van der Waals surface area contributed by atoms with E-state index < -0.39 is 23.5 Å². The Labute approximate surface area is 106 Å². The number of aliphatic hydroxyl groups is 1. The molecule has 5 nitrogen and oxygen atoms in total. The van der Waals surface area contributed by atoms with Crippen molar-refractivity contribution >= 4 is 11.9 Å². The Kier molecular flexibility index (Phi) is 4.08. The van der Waals surface area contributed by atoms with Gasteiger partial charge in [0.2, 0.25) is 0 Å². The zero-order valence-corrected chi connectivity index (χ0v) is 10.6. The van der Waals surface area contributed by atoms with Crippen molar-refractivity contribution in [1.29, 1.82) is 0 Å². The van der Waals surface area contributed by atoms with Gasteiger partial charge in [-0.2, -0.15) is 0 Å². The first kappa shape index (κ1) is 14.2. The zero-order chi connectivity index (χ0) is 13.9. The van der Waals surface area contributed by atoms with Gasteiger partial charge in [0.05, 0.1) is 0 Å². The molecular formula is C13H17NO4. The summed E-state index contributed by atoms with van der Waals surface area (Å²) < 4.78 is 0. The predicted molar refractivity (Wildman–Crippen MR) is 65.9 cm³/mol. The monoisotopic (exact) mass is 251 g/mol. The summed E-state index contributed by atoms with van der Waals surface area (Å²) in [5, 5.41) is 19.0. The summed E-state index contributed by atoms with van der Waals surface area (Å²) >= 11 is 0. The molecule has 5 heteroatoms. The number of amides is 1. The maximum Gasteiger partial charge on any atom is 0.329 e. The van der Waals surface area contributed by atoms with E-state index in [0.717, 1.165) is 4.90 Å². The van der Waals surface area contributed by atoms with E-state index in [4.69, 9.17) is 5.11 Å². The first-order chi connectivity index (χ1) is 8.28. The topological polar surface area (TPSA) is 77.8 Å². The fraction of sp³-hybridized carbons (Fsp3) is 0.385. The van der Waals surface area contributed by atoms with E-state index in [9.17, 15) is 14.7 Å². The normalized spacial score (nSPS) is 12.9. The molecule has 0 fully saturated rings. The number of carbonyl (C=O) groups is 2. The minimum atomic E-state index is -1.37. The number of carboxylic acid groups (broad SMARTS) is 1. The first-order valence-electron chi connectivity index (χ1n) is 5.52. The third kappa shape index (κ3) is 2.68. The van der Waals surface area contributed by atoms with E-state index in [0.29, 0.717) is 5.56 Å². The van der Waals surface area contributed by atoms with Gasteiger partial charge in [-0.1, -0.05) is 30.3 Å². The molecule has 1 aromatic rings. The minimum Gasteiger partial charge on any atom is -0.480 e. The number of rotatable bonds is 4. The van der Waals surface area contributed by atoms with Gasteiger partial charge in [-0.3, -0.25) is 4.79 Å². The van der Waals surface area contributed by atoms with Crippen molar-refractivity contribution in [2.24, 2.45) is 0 Å². The fourth-order valence-electron chi connectivity index (χ4n) is 1.38. The standard InChI is InChI=1S/C13H17NO4/c1-13(2,12(17)18)14(3)11(16)10(15)9-7-5-4-6-8-9/h4-8,10,15H,1-3H3,(H,17,18). The molecule has 0 aliphatic carbocycles. The first-order valence-corrected chi connectivity index (χ1v) is 5.52. The summed E-state index contributed by atoms with van der Waals surface area (Å²) in [4.78, 5) is 24.1. The van der Waals surface area contributed by atoms with Gasteiger partial charge in [-0.25, -0.2) is 4.79 Å². The van der Waals surface area contributed by atoms with Crippen molar-refractivity contribution in [3.05, 3.63) is 35.9 Å². The molecule has 0 heterocycles. The van der Waals surface area contributed by atoms with E-state index in [1.165, 1.54) is 20.9 Å². The lowest BCUT2D eigenvalue weighted by Gasteiger charge is -2.33. The lowest BCUT2D eigenvalue weighted by atomic mass is 10.0. The second kappa shape index (κ2) is 5.18. The lowest BCUT2D eigenvalue weighted by molar-refractivity contribution is -0.159. The van der Waals surface area contributed by atoms with Gasteiger partial charge in [-0.05, 0) is 19.4 Å². The molecule has 0 saturated carbocycles. The van der Waals surface area contributed by atoms with E-state index in [-0.39, 0.29) is 0 Å². The largest absolute Gasteiger partial charge is 0.480 e. The molecule has 18 heavy (non-hydrogen) atoms. The summed E-state index contributed by atoms with van der Waals surface area (Å²) in [7, 11) is 1.36. The lowest BCUT2D eigenvalue weighted by Crippen LogP contribution is -2.52. The summed E-state index contributed by atoms with van der Waals surface area (Å²) in [6, 6.07) is 8.41. The molecule has 1 atom stereocenters. The number of carboxylic acids is 1. The van der Waals surface area contributed by atoms with Crippen LogP contribution in [0, 0.1) is 0 Å². The number of hydrogen-bond donors (Lipinski definition) is 2. The van der Waals surface area contributed by atoms with Gasteiger partial charge >= 0.3 is 5.97 Å². The van der Waals surface area contributed by atoms with Crippen LogP contribution in [0.25, 0.3) is 0 Å². The molecule has 1 aromatic carbocycles. The highest BCUT2D eigenvalue weighted by Gasteiger charge is 2.37. The van der Waals surface area contributed by atoms with Crippen molar-refractivity contribution in [1.82, 2.24) is 4.90 Å². The molecule has 0 aliphatic heterocycles. The van der Waals surface area contributed by atoms with Gasteiger partial charge in [0, 0.05) is 7.05 Å². The van der Waals surface area contributed by atoms with Crippen molar-refractivity contribution in [2.75, 3.05) is 7.05 Å². The Morgan fingerprint density at radius 1 is 1.22 bits per heavy atom. The van der Waals surface area contributed by atoms with Crippen LogP contribution >= 0.6 is 0 Å². The number of aliphatic hydroxyl groups excluding tert-OH is 1. The van der Waals surface area contributed by atoms with Crippen LogP contribution in [0.2, 0.25) is 0 Å². The molecule has 1 amide bonds. The molecule has 1 unspecified atom stereocenters. The molecule has 0 saturated heterocycles. The molecular weight excluding hydrogens is 234 g/mol. The molecule has 0 aliphatic rings. The van der Waals surface area contributed by atoms with Crippen molar-refractivity contribution in [3.8, 4) is 0 Å². The molecule has 0 bridgehead atoms. The quantitative estimate of drug-likeness (QED) is 0.838. The Hall–Kier alpha value is -1.88. The maximum absolute atomic E-state index is 12.0. The van der Waals surface area contributed by atoms with Crippen LogP contribution in [-0.4, -0.2) is 39.6 Å². The SMILES string of the molecule is CN(C(=O)C(O)c1ccccc1)C(C)(C)C(=O)O. The number of likely N-dealkylation sites (N-methyl/N-ethyl adjacent to an activating group) is 1. The van der Waals surface area contributed by atoms with Gasteiger partial charge in [0.25, 0.3) is 5.91 Å². The van der Waals surface area contributed by atoms with Crippen LogP contribution in [0.3, 0.4) is 0 Å². The fourth-order valence-corrected chi connectivity index (χ4v) is 1.38. The highest BCUT2D eigenvalue weighted by Crippen LogP contribution is 2.20. The summed E-state index contributed by atoms with van der Waals surface area (Å²) in [5.74, 6) is -1.77. The Morgan fingerprint density at radius 3 is 2.17 bits per heavy atom. The van der Waals surface area contributed by atoms with Gasteiger partial charge in [0.15, 0.2) is 6.10 Å². The van der Waals surface area contributed by atoms with Crippen LogP contribution in [0.5, 0.6) is 0 Å². The third-order valence-corrected chi connectivity index (χ3v) is 3.04. The number of benzene rings is 1. The number of carbonyl (C=O) groups excluding carboxylic acids is 1. The van der Waals surface area contributed by atoms with Gasteiger partial charge in [-0.15, -0.1) is 0 Å². The molecule has 0 spiro atoms. The summed E-state index contributed by atoms with van der Waals surface area (Å²) in [6.07, 6.45) is -1.35. The highest BCUT2D eigenvalue weighted by atomic mass is 16.4. The van der Waals surface area contributed by atoms with E-state index in [1.807, 2.05) is 0 Å². The third-order valence-electron chi connectivity index (χ3n) is 3.04. The van der Waals surface area contributed by atoms with E-state index in [2.05, 4.69) is 0 Å². The van der Waals surface area contributed by atoms with Crippen molar-refractivity contribution in [3.63, 3.8) is 0 Å². The van der Waals surface area contributed by atoms with E-state index in [1.54, 1.807) is 30.3 Å². The Morgan fingerprint density at radius 2 is 1.72 bits per heavy atom. The molecule has 0 radical (unpaired) electrons. The van der Waals surface area contributed by atoms with Crippen LogP contribution < -0.4 is 0 Å². The average molecular weight is 251 g/mol. The predicted octanol–water partition coefficient (Wildman–Crippen LogP) is 1.04. The molecule has 1 rings (SSSR count). The van der Waals surface area contributed by atoms with E-state index >= 15 is 0 Å². The number of nitrogens with zero attached hydrogens (tertiary/aromatic N) is 1. The van der Waals surface area contributed by atoms with Crippen LogP contribution in [0.1, 0.15) is 25.5 Å². The average Bonchev–Trinajstić information content (AvgIpc) is 2.36. The molecule has 0 aromatic heterocycles. The van der Waals surface area contributed by atoms with Crippen LogP contribution in [0.15, 0.2) is 30.3 Å². The minimum absolute atomic E-state index is 0.440. The van der Waals surface area contributed by atoms with Crippen LogP contribution in [-0.2, 0) is 9.59 Å². The van der Waals surface area contributed by atoms with Crippen molar-refractivity contribution in [2.45, 2.75) is 25.5 Å². The number of aliphatic carboxylic acids is 1. The Balaban J connectivity index is 2.92. The highest BCUT2D eigenvalue weighted by molar-refractivity contribution is 5.88. The maximum atomic E-state index is 12.0. The van der Waals surface area contributed by atoms with Gasteiger partial charge in [0.1, 0.15) is 5.54 Å². The summed E-state index contributed by atoms with van der Waals surface area (Å²) in [5.41, 5.74) is -0.928. The van der Waals surface area contributed by atoms with Gasteiger partial charge < -0.3 is 15.1 Å². The summed E-state index contributed by atoms with van der Waals surface area (Å²) in [6.45, 7) is 2.82. The molecule has 98 valence electrons. The number of hydrogen-bond acceptors (Lipinski definition) is 3.